The van der Waals surface area contributed by atoms with Crippen LogP contribution in [-0.4, -0.2) is 16.2 Å². The van der Waals surface area contributed by atoms with Crippen LogP contribution in [0.3, 0.4) is 0 Å². The quantitative estimate of drug-likeness (QED) is 0.769. The highest BCUT2D eigenvalue weighted by molar-refractivity contribution is 5.86. The Balaban J connectivity index is 2.24. The topological polar surface area (TPSA) is 94.0 Å². The van der Waals surface area contributed by atoms with Gasteiger partial charge in [-0.1, -0.05) is 5.16 Å². The molecular formula is C9H8N4O2. The summed E-state index contributed by atoms with van der Waals surface area (Å²) in [5.74, 6) is 0.217. The second-order valence-corrected chi connectivity index (χ2v) is 2.80. The number of amides is 2. The predicted molar refractivity (Wildman–Crippen MR) is 52.9 cm³/mol. The van der Waals surface area contributed by atoms with Crippen molar-refractivity contribution in [3.63, 3.8) is 0 Å². The molecule has 2 heterocycles. The van der Waals surface area contributed by atoms with Crippen molar-refractivity contribution >= 4 is 11.9 Å². The Morgan fingerprint density at radius 1 is 1.40 bits per heavy atom. The van der Waals surface area contributed by atoms with E-state index in [2.05, 4.69) is 15.5 Å². The Morgan fingerprint density at radius 3 is 2.80 bits per heavy atom. The molecule has 76 valence electrons. The van der Waals surface area contributed by atoms with Crippen LogP contribution in [0, 0.1) is 0 Å². The molecule has 0 atom stereocenters. The molecule has 0 fully saturated rings. The summed E-state index contributed by atoms with van der Waals surface area (Å²) in [6.45, 7) is 0. The third-order valence-corrected chi connectivity index (χ3v) is 1.73. The van der Waals surface area contributed by atoms with Gasteiger partial charge in [-0.2, -0.15) is 0 Å². The minimum Gasteiger partial charge on any atom is -0.351 e. The molecule has 0 unspecified atom stereocenters. The number of primary amides is 1. The lowest BCUT2D eigenvalue weighted by molar-refractivity contribution is 0.258. The average Bonchev–Trinajstić information content (AvgIpc) is 2.67. The third-order valence-electron chi connectivity index (χ3n) is 1.73. The van der Waals surface area contributed by atoms with Gasteiger partial charge in [-0.3, -0.25) is 10.3 Å². The summed E-state index contributed by atoms with van der Waals surface area (Å²) in [4.78, 5) is 14.4. The number of carbonyl (C=O) groups is 1. The molecule has 0 spiro atoms. The van der Waals surface area contributed by atoms with Crippen molar-refractivity contribution in [1.29, 1.82) is 0 Å². The number of nitrogens with zero attached hydrogens (tertiary/aromatic N) is 2. The molecule has 0 saturated heterocycles. The first-order valence-electron chi connectivity index (χ1n) is 4.19. The van der Waals surface area contributed by atoms with E-state index in [0.29, 0.717) is 5.69 Å². The molecule has 0 aliphatic rings. The molecule has 15 heavy (non-hydrogen) atoms. The van der Waals surface area contributed by atoms with Crippen molar-refractivity contribution in [3.05, 3.63) is 30.6 Å². The number of hydrogen-bond acceptors (Lipinski definition) is 4. The van der Waals surface area contributed by atoms with Gasteiger partial charge in [0, 0.05) is 24.0 Å². The zero-order chi connectivity index (χ0) is 10.7. The molecule has 6 heteroatoms. The summed E-state index contributed by atoms with van der Waals surface area (Å²) >= 11 is 0. The molecule has 0 bridgehead atoms. The van der Waals surface area contributed by atoms with Crippen molar-refractivity contribution < 1.29 is 9.32 Å². The highest BCUT2D eigenvalue weighted by atomic mass is 16.5. The maximum atomic E-state index is 10.5. The third kappa shape index (κ3) is 2.11. The summed E-state index contributed by atoms with van der Waals surface area (Å²) in [7, 11) is 0. The Hall–Kier alpha value is -2.37. The van der Waals surface area contributed by atoms with Crippen LogP contribution >= 0.6 is 0 Å². The van der Waals surface area contributed by atoms with Gasteiger partial charge in [0.1, 0.15) is 5.69 Å². The Morgan fingerprint density at radius 2 is 2.13 bits per heavy atom. The van der Waals surface area contributed by atoms with E-state index in [0.717, 1.165) is 5.56 Å². The highest BCUT2D eigenvalue weighted by Gasteiger charge is 2.06. The van der Waals surface area contributed by atoms with Crippen LogP contribution in [0.4, 0.5) is 10.7 Å². The Labute approximate surface area is 85.1 Å². The molecule has 0 aliphatic carbocycles. The minimum atomic E-state index is -0.688. The van der Waals surface area contributed by atoms with E-state index in [1.165, 1.54) is 0 Å². The van der Waals surface area contributed by atoms with Gasteiger partial charge in [-0.05, 0) is 12.1 Å². The number of urea groups is 1. The lowest BCUT2D eigenvalue weighted by atomic mass is 10.2. The van der Waals surface area contributed by atoms with Gasteiger partial charge in [-0.15, -0.1) is 0 Å². The number of anilines is 1. The van der Waals surface area contributed by atoms with E-state index >= 15 is 0 Å². The van der Waals surface area contributed by atoms with Crippen LogP contribution in [0.5, 0.6) is 0 Å². The van der Waals surface area contributed by atoms with Gasteiger partial charge in [0.2, 0.25) is 5.88 Å². The molecular weight excluding hydrogens is 196 g/mol. The summed E-state index contributed by atoms with van der Waals surface area (Å²) < 4.78 is 4.85. The second-order valence-electron chi connectivity index (χ2n) is 2.80. The molecule has 0 radical (unpaired) electrons. The first-order valence-corrected chi connectivity index (χ1v) is 4.19. The zero-order valence-corrected chi connectivity index (χ0v) is 7.68. The number of pyridine rings is 1. The van der Waals surface area contributed by atoms with Gasteiger partial charge in [-0.25, -0.2) is 4.79 Å². The Bertz CT molecular complexity index is 466. The van der Waals surface area contributed by atoms with Crippen LogP contribution in [0.1, 0.15) is 0 Å². The summed E-state index contributed by atoms with van der Waals surface area (Å²) in [6.07, 6.45) is 3.29. The second kappa shape index (κ2) is 3.79. The van der Waals surface area contributed by atoms with E-state index < -0.39 is 6.03 Å². The molecule has 2 aromatic heterocycles. The van der Waals surface area contributed by atoms with Crippen molar-refractivity contribution in [2.24, 2.45) is 5.73 Å². The fourth-order valence-corrected chi connectivity index (χ4v) is 1.11. The predicted octanol–water partition coefficient (Wildman–Crippen LogP) is 1.23. The summed E-state index contributed by atoms with van der Waals surface area (Å²) in [6, 6.07) is 4.46. The monoisotopic (exact) mass is 204 g/mol. The zero-order valence-electron chi connectivity index (χ0n) is 7.68. The van der Waals surface area contributed by atoms with Gasteiger partial charge in [0.05, 0.1) is 0 Å². The molecule has 0 saturated carbocycles. The summed E-state index contributed by atoms with van der Waals surface area (Å²) in [5, 5.41) is 6.06. The maximum Gasteiger partial charge on any atom is 0.319 e. The number of hydrogen-bond donors (Lipinski definition) is 2. The Kier molecular flexibility index (Phi) is 2.32. The number of carbonyl (C=O) groups excluding carboxylic acids is 1. The van der Waals surface area contributed by atoms with E-state index in [9.17, 15) is 4.79 Å². The molecule has 2 aromatic rings. The first-order chi connectivity index (χ1) is 7.25. The van der Waals surface area contributed by atoms with Gasteiger partial charge in [0.15, 0.2) is 0 Å². The smallest absolute Gasteiger partial charge is 0.319 e. The largest absolute Gasteiger partial charge is 0.351 e. The lowest BCUT2D eigenvalue weighted by Crippen LogP contribution is -2.18. The van der Waals surface area contributed by atoms with Gasteiger partial charge >= 0.3 is 6.03 Å². The van der Waals surface area contributed by atoms with Crippen molar-refractivity contribution in [1.82, 2.24) is 10.1 Å². The van der Waals surface area contributed by atoms with Crippen LogP contribution < -0.4 is 11.1 Å². The number of rotatable bonds is 2. The maximum absolute atomic E-state index is 10.5. The number of nitrogens with one attached hydrogen (secondary N) is 1. The van der Waals surface area contributed by atoms with E-state index in [-0.39, 0.29) is 5.88 Å². The van der Waals surface area contributed by atoms with Crippen LogP contribution in [0.15, 0.2) is 35.1 Å². The fourth-order valence-electron chi connectivity index (χ4n) is 1.11. The molecule has 0 aliphatic heterocycles. The minimum absolute atomic E-state index is 0.217. The average molecular weight is 204 g/mol. The fraction of sp³-hybridized carbons (Fsp3) is 0. The molecule has 2 rings (SSSR count). The van der Waals surface area contributed by atoms with Crippen molar-refractivity contribution in [2.45, 2.75) is 0 Å². The van der Waals surface area contributed by atoms with E-state index in [1.54, 1.807) is 30.6 Å². The van der Waals surface area contributed by atoms with E-state index in [4.69, 9.17) is 10.3 Å². The molecule has 0 aromatic carbocycles. The number of aromatic nitrogens is 2. The molecule has 6 nitrogen and oxygen atoms in total. The molecule has 2 amide bonds. The van der Waals surface area contributed by atoms with Crippen molar-refractivity contribution in [2.75, 3.05) is 5.32 Å². The van der Waals surface area contributed by atoms with Gasteiger partial charge in [0.25, 0.3) is 0 Å². The normalized spacial score (nSPS) is 9.87. The number of nitrogens with two attached hydrogens (primary N) is 1. The van der Waals surface area contributed by atoms with Gasteiger partial charge < -0.3 is 10.3 Å². The SMILES string of the molecule is NC(=O)Nc1cc(-c2ccncc2)no1. The van der Waals surface area contributed by atoms with Crippen molar-refractivity contribution in [3.8, 4) is 11.3 Å². The van der Waals surface area contributed by atoms with E-state index in [1.807, 2.05) is 0 Å². The van der Waals surface area contributed by atoms with Crippen LogP contribution in [0.25, 0.3) is 11.3 Å². The highest BCUT2D eigenvalue weighted by Crippen LogP contribution is 2.20. The molecule has 3 N–H and O–H groups in total. The first kappa shape index (κ1) is 9.20. The lowest BCUT2D eigenvalue weighted by Gasteiger charge is -1.91. The standard InChI is InChI=1S/C9H8N4O2/c10-9(14)12-8-5-7(13-15-8)6-1-3-11-4-2-6/h1-5H,(H3,10,12,14). The van der Waals surface area contributed by atoms with Crippen LogP contribution in [-0.2, 0) is 0 Å². The van der Waals surface area contributed by atoms with Crippen LogP contribution in [0.2, 0.25) is 0 Å². The summed E-state index contributed by atoms with van der Waals surface area (Å²) in [5.41, 5.74) is 6.39.